The highest BCUT2D eigenvalue weighted by molar-refractivity contribution is 7.14. The minimum absolute atomic E-state index is 0.150. The highest BCUT2D eigenvalue weighted by Gasteiger charge is 2.30. The molecule has 1 amide bonds. The minimum atomic E-state index is -2.72. The fourth-order valence-corrected chi connectivity index (χ4v) is 4.31. The molecule has 4 rings (SSSR count). The number of carbonyl (C=O) groups excluding carboxylic acids is 1. The van der Waals surface area contributed by atoms with Crippen LogP contribution in [0.25, 0.3) is 21.5 Å². The Hall–Kier alpha value is -2.59. The van der Waals surface area contributed by atoms with Crippen LogP contribution in [-0.4, -0.2) is 56.8 Å². The van der Waals surface area contributed by atoms with E-state index in [0.29, 0.717) is 37.3 Å². The normalized spacial score (nSPS) is 16.1. The summed E-state index contributed by atoms with van der Waals surface area (Å²) in [5.74, 6) is -2.72. The lowest BCUT2D eigenvalue weighted by atomic mass is 9.95. The lowest BCUT2D eigenvalue weighted by Crippen LogP contribution is -2.42. The van der Waals surface area contributed by atoms with Crippen LogP contribution in [-0.2, 0) is 4.79 Å². The van der Waals surface area contributed by atoms with Gasteiger partial charge >= 0.3 is 0 Å². The van der Waals surface area contributed by atoms with Crippen molar-refractivity contribution in [2.45, 2.75) is 32.6 Å². The Kier molecular flexibility index (Phi) is 5.70. The van der Waals surface area contributed by atoms with Crippen molar-refractivity contribution in [3.63, 3.8) is 0 Å². The molecule has 30 heavy (non-hydrogen) atoms. The number of rotatable bonds is 5. The first-order valence-electron chi connectivity index (χ1n) is 9.76. The third-order valence-electron chi connectivity index (χ3n) is 5.07. The lowest BCUT2D eigenvalue weighted by Gasteiger charge is -2.32. The van der Waals surface area contributed by atoms with Gasteiger partial charge in [-0.25, -0.2) is 8.78 Å². The Balaban J connectivity index is 1.43. The van der Waals surface area contributed by atoms with E-state index in [1.54, 1.807) is 11.0 Å². The number of aromatic nitrogens is 4. The van der Waals surface area contributed by atoms with Crippen molar-refractivity contribution in [3.8, 4) is 10.6 Å². The minimum Gasteiger partial charge on any atom is -0.309 e. The molecule has 158 valence electrons. The Bertz CT molecular complexity index is 1060. The second-order valence-electron chi connectivity index (χ2n) is 7.74. The van der Waals surface area contributed by atoms with Gasteiger partial charge in [0.2, 0.25) is 5.91 Å². The fourth-order valence-electron chi connectivity index (χ4n) is 3.63. The molecule has 1 aliphatic heterocycles. The average Bonchev–Trinajstić information content (AvgIpc) is 3.13. The highest BCUT2D eigenvalue weighted by atomic mass is 32.1. The number of aryl methyl sites for hydroxylation is 1. The summed E-state index contributed by atoms with van der Waals surface area (Å²) < 4.78 is 26.3. The number of fused-ring (bicyclic) bond motifs is 1. The molecular formula is C20H22F2N6OS. The van der Waals surface area contributed by atoms with Gasteiger partial charge in [0.25, 0.3) is 5.92 Å². The maximum absolute atomic E-state index is 13.2. The van der Waals surface area contributed by atoms with Crippen LogP contribution in [0.1, 0.15) is 24.8 Å². The van der Waals surface area contributed by atoms with Crippen LogP contribution in [0.4, 0.5) is 14.6 Å². The van der Waals surface area contributed by atoms with Crippen LogP contribution in [0.3, 0.4) is 0 Å². The van der Waals surface area contributed by atoms with Gasteiger partial charge in [0.15, 0.2) is 5.82 Å². The number of carbonyl (C=O) groups is 1. The average molecular weight is 433 g/mol. The Morgan fingerprint density at radius 3 is 2.63 bits per heavy atom. The molecule has 3 heterocycles. The fraction of sp³-hybridized carbons (Fsp3) is 0.450. The number of anilines is 1. The van der Waals surface area contributed by atoms with E-state index in [9.17, 15) is 13.6 Å². The molecule has 0 atom stereocenters. The predicted octanol–water partition coefficient (Wildman–Crippen LogP) is 3.76. The summed E-state index contributed by atoms with van der Waals surface area (Å²) >= 11 is 1.51. The number of amides is 1. The van der Waals surface area contributed by atoms with E-state index in [-0.39, 0.29) is 18.4 Å². The molecule has 0 aliphatic carbocycles. The van der Waals surface area contributed by atoms with Crippen LogP contribution in [0, 0.1) is 12.8 Å². The number of hydrogen-bond acceptors (Lipinski definition) is 7. The quantitative estimate of drug-likeness (QED) is 0.661. The molecule has 1 saturated heterocycles. The van der Waals surface area contributed by atoms with E-state index in [1.807, 2.05) is 25.1 Å². The molecule has 0 radical (unpaired) electrons. The van der Waals surface area contributed by atoms with Crippen LogP contribution < -0.4 is 5.32 Å². The number of nitrogens with zero attached hydrogens (tertiary/aromatic N) is 5. The van der Waals surface area contributed by atoms with Gasteiger partial charge in [-0.05, 0) is 57.1 Å². The third-order valence-corrected chi connectivity index (χ3v) is 5.96. The zero-order valence-corrected chi connectivity index (χ0v) is 17.5. The van der Waals surface area contributed by atoms with E-state index < -0.39 is 5.92 Å². The molecule has 1 N–H and O–H groups in total. The van der Waals surface area contributed by atoms with Crippen molar-refractivity contribution >= 4 is 34.0 Å². The summed E-state index contributed by atoms with van der Waals surface area (Å²) in [6.07, 6.45) is 1.09. The van der Waals surface area contributed by atoms with E-state index in [2.05, 4.69) is 25.7 Å². The predicted molar refractivity (Wildman–Crippen MR) is 112 cm³/mol. The molecule has 3 aromatic rings. The third kappa shape index (κ3) is 4.93. The lowest BCUT2D eigenvalue weighted by molar-refractivity contribution is -0.121. The van der Waals surface area contributed by atoms with Gasteiger partial charge in [-0.1, -0.05) is 11.3 Å². The summed E-state index contributed by atoms with van der Waals surface area (Å²) in [6.45, 7) is 3.51. The number of benzene rings is 1. The molecule has 1 fully saturated rings. The Morgan fingerprint density at radius 2 is 1.97 bits per heavy atom. The number of piperidine rings is 1. The van der Waals surface area contributed by atoms with Crippen molar-refractivity contribution < 1.29 is 13.6 Å². The SMILES string of the molecule is Cc1nnc(-c2ccc3nnc(NC(=O)C4CCN(CC(C)(F)F)CC4)cc3c2)s1. The molecule has 7 nitrogen and oxygen atoms in total. The van der Waals surface area contributed by atoms with Crippen LogP contribution in [0.2, 0.25) is 0 Å². The standard InChI is InChI=1S/C20H22F2N6OS/c1-12-24-27-19(30-12)14-3-4-16-15(9-14)10-17(26-25-16)23-18(29)13-5-7-28(8-6-13)11-20(2,21)22/h3-4,9-10,13H,5-8,11H2,1-2H3,(H,23,26,29). The zero-order chi connectivity index (χ0) is 21.3. The Morgan fingerprint density at radius 1 is 1.20 bits per heavy atom. The summed E-state index contributed by atoms with van der Waals surface area (Å²) in [5, 5.41) is 21.9. The van der Waals surface area contributed by atoms with Crippen molar-refractivity contribution in [2.24, 2.45) is 5.92 Å². The first-order chi connectivity index (χ1) is 14.3. The monoisotopic (exact) mass is 432 g/mol. The summed E-state index contributed by atoms with van der Waals surface area (Å²) in [6, 6.07) is 7.51. The largest absolute Gasteiger partial charge is 0.309 e. The van der Waals surface area contributed by atoms with Crippen molar-refractivity contribution in [3.05, 3.63) is 29.3 Å². The van der Waals surface area contributed by atoms with E-state index in [0.717, 1.165) is 27.9 Å². The zero-order valence-electron chi connectivity index (χ0n) is 16.7. The molecule has 0 saturated carbocycles. The second-order valence-corrected chi connectivity index (χ2v) is 8.92. The second kappa shape index (κ2) is 8.27. The van der Waals surface area contributed by atoms with E-state index >= 15 is 0 Å². The van der Waals surface area contributed by atoms with Gasteiger partial charge in [-0.3, -0.25) is 9.69 Å². The van der Waals surface area contributed by atoms with E-state index in [1.165, 1.54) is 11.3 Å². The van der Waals surface area contributed by atoms with E-state index in [4.69, 9.17) is 0 Å². The number of likely N-dealkylation sites (tertiary alicyclic amines) is 1. The molecule has 2 aromatic heterocycles. The van der Waals surface area contributed by atoms with Crippen molar-refractivity contribution in [1.29, 1.82) is 0 Å². The van der Waals surface area contributed by atoms with Crippen LogP contribution >= 0.6 is 11.3 Å². The summed E-state index contributed by atoms with van der Waals surface area (Å²) in [7, 11) is 0. The Labute approximate surface area is 176 Å². The highest BCUT2D eigenvalue weighted by Crippen LogP contribution is 2.27. The van der Waals surface area contributed by atoms with Gasteiger partial charge < -0.3 is 5.32 Å². The maximum Gasteiger partial charge on any atom is 0.257 e. The van der Waals surface area contributed by atoms with Crippen molar-refractivity contribution in [2.75, 3.05) is 25.0 Å². The van der Waals surface area contributed by atoms with Crippen LogP contribution in [0.5, 0.6) is 0 Å². The molecule has 1 aliphatic rings. The van der Waals surface area contributed by atoms with Crippen LogP contribution in [0.15, 0.2) is 24.3 Å². The van der Waals surface area contributed by atoms with Gasteiger partial charge in [0, 0.05) is 23.8 Å². The molecule has 10 heteroatoms. The van der Waals surface area contributed by atoms with Crippen molar-refractivity contribution in [1.82, 2.24) is 25.3 Å². The summed E-state index contributed by atoms with van der Waals surface area (Å²) in [4.78, 5) is 14.3. The number of halogens is 2. The van der Waals surface area contributed by atoms with Gasteiger partial charge in [0.1, 0.15) is 10.0 Å². The maximum atomic E-state index is 13.2. The van der Waals surface area contributed by atoms with Gasteiger partial charge in [-0.2, -0.15) is 0 Å². The van der Waals surface area contributed by atoms with Gasteiger partial charge in [-0.15, -0.1) is 20.4 Å². The number of nitrogens with one attached hydrogen (secondary N) is 1. The first kappa shape index (κ1) is 20.7. The molecule has 0 unspecified atom stereocenters. The molecule has 0 bridgehead atoms. The number of hydrogen-bond donors (Lipinski definition) is 1. The first-order valence-corrected chi connectivity index (χ1v) is 10.6. The summed E-state index contributed by atoms with van der Waals surface area (Å²) in [5.41, 5.74) is 1.64. The smallest absolute Gasteiger partial charge is 0.257 e. The molecule has 0 spiro atoms. The van der Waals surface area contributed by atoms with Gasteiger partial charge in [0.05, 0.1) is 12.1 Å². The molecule has 1 aromatic carbocycles. The topological polar surface area (TPSA) is 83.9 Å². The molecular weight excluding hydrogens is 410 g/mol. The number of alkyl halides is 2.